The number of amides is 3. The first kappa shape index (κ1) is 16.3. The fourth-order valence-electron chi connectivity index (χ4n) is 3.99. The van der Waals surface area contributed by atoms with Crippen molar-refractivity contribution in [3.05, 3.63) is 24.3 Å². The number of carbonyl (C=O) groups is 2. The van der Waals surface area contributed by atoms with E-state index in [9.17, 15) is 9.59 Å². The Morgan fingerprint density at radius 3 is 2.64 bits per heavy atom. The summed E-state index contributed by atoms with van der Waals surface area (Å²) in [5, 5.41) is 0. The van der Waals surface area contributed by atoms with Gasteiger partial charge in [-0.05, 0) is 18.8 Å². The predicted octanol–water partition coefficient (Wildman–Crippen LogP) is 0.465. The molecule has 8 heteroatoms. The number of ether oxygens (including phenoxy) is 1. The van der Waals surface area contributed by atoms with Crippen molar-refractivity contribution < 1.29 is 14.3 Å². The zero-order valence-corrected chi connectivity index (χ0v) is 14.2. The monoisotopic (exact) mass is 345 g/mol. The van der Waals surface area contributed by atoms with Gasteiger partial charge in [-0.2, -0.15) is 0 Å². The van der Waals surface area contributed by atoms with Gasteiger partial charge in [0.05, 0.1) is 25.5 Å². The summed E-state index contributed by atoms with van der Waals surface area (Å²) in [6, 6.07) is 0.168. The molecule has 134 valence electrons. The Kier molecular flexibility index (Phi) is 4.52. The highest BCUT2D eigenvalue weighted by Gasteiger charge is 2.40. The molecule has 0 unspecified atom stereocenters. The molecule has 0 N–H and O–H groups in total. The number of hydrogen-bond acceptors (Lipinski definition) is 5. The van der Waals surface area contributed by atoms with Crippen LogP contribution < -0.4 is 0 Å². The summed E-state index contributed by atoms with van der Waals surface area (Å²) >= 11 is 0. The molecular weight excluding hydrogens is 322 g/mol. The molecule has 1 aromatic rings. The van der Waals surface area contributed by atoms with E-state index in [1.54, 1.807) is 6.20 Å². The number of hydrogen-bond donors (Lipinski definition) is 0. The van der Waals surface area contributed by atoms with E-state index in [1.807, 2.05) is 14.7 Å². The van der Waals surface area contributed by atoms with Crippen LogP contribution in [0, 0.1) is 5.92 Å². The van der Waals surface area contributed by atoms with Gasteiger partial charge in [-0.3, -0.25) is 9.78 Å². The third-order valence-corrected chi connectivity index (χ3v) is 5.31. The minimum Gasteiger partial charge on any atom is -0.378 e. The number of urea groups is 1. The van der Waals surface area contributed by atoms with E-state index in [2.05, 4.69) is 9.97 Å². The van der Waals surface area contributed by atoms with Crippen LogP contribution >= 0.6 is 0 Å². The van der Waals surface area contributed by atoms with Gasteiger partial charge in [-0.25, -0.2) is 9.78 Å². The largest absolute Gasteiger partial charge is 0.378 e. The summed E-state index contributed by atoms with van der Waals surface area (Å²) < 4.78 is 5.34. The molecule has 4 fully saturated rings. The molecule has 5 heterocycles. The lowest BCUT2D eigenvalue weighted by Crippen LogP contribution is -2.55. The molecule has 2 atom stereocenters. The van der Waals surface area contributed by atoms with Gasteiger partial charge < -0.3 is 19.4 Å². The van der Waals surface area contributed by atoms with E-state index >= 15 is 0 Å². The lowest BCUT2D eigenvalue weighted by molar-refractivity contribution is 0.0340. The summed E-state index contributed by atoms with van der Waals surface area (Å²) in [7, 11) is 0. The highest BCUT2D eigenvalue weighted by Crippen LogP contribution is 2.29. The van der Waals surface area contributed by atoms with Gasteiger partial charge in [-0.1, -0.05) is 0 Å². The second kappa shape index (κ2) is 6.95. The van der Waals surface area contributed by atoms with Crippen molar-refractivity contribution in [2.75, 3.05) is 45.9 Å². The van der Waals surface area contributed by atoms with Crippen molar-refractivity contribution in [3.8, 4) is 0 Å². The number of fused-ring (bicyclic) bond motifs is 4. The average Bonchev–Trinajstić information content (AvgIpc) is 3.00. The van der Waals surface area contributed by atoms with Crippen LogP contribution in [0.3, 0.4) is 0 Å². The van der Waals surface area contributed by atoms with E-state index in [0.717, 1.165) is 19.4 Å². The van der Waals surface area contributed by atoms with Crippen LogP contribution in [0.2, 0.25) is 0 Å². The average molecular weight is 345 g/mol. The normalized spacial score (nSPS) is 26.5. The Morgan fingerprint density at radius 2 is 1.88 bits per heavy atom. The van der Waals surface area contributed by atoms with E-state index < -0.39 is 0 Å². The summed E-state index contributed by atoms with van der Waals surface area (Å²) in [6.07, 6.45) is 6.61. The first-order valence-corrected chi connectivity index (χ1v) is 8.91. The Bertz CT molecular complexity index is 634. The molecule has 8 nitrogen and oxygen atoms in total. The maximum Gasteiger partial charge on any atom is 0.320 e. The van der Waals surface area contributed by atoms with Gasteiger partial charge >= 0.3 is 6.03 Å². The Hall–Kier alpha value is -2.22. The molecule has 4 aliphatic heterocycles. The minimum atomic E-state index is -0.0920. The minimum absolute atomic E-state index is 0.0784. The van der Waals surface area contributed by atoms with E-state index in [0.29, 0.717) is 51.0 Å². The molecule has 4 saturated heterocycles. The topological polar surface area (TPSA) is 78.9 Å². The maximum atomic E-state index is 12.9. The summed E-state index contributed by atoms with van der Waals surface area (Å²) in [5.74, 6) is 0.232. The van der Waals surface area contributed by atoms with Crippen LogP contribution in [0.1, 0.15) is 23.3 Å². The van der Waals surface area contributed by atoms with Gasteiger partial charge in [0.25, 0.3) is 5.91 Å². The standard InChI is InChI=1S/C17H23N5O3/c23-16(15-9-18-3-4-19-15)21-10-13-1-2-14(12-21)22(11-13)17(24)20-5-7-25-8-6-20/h3-4,9,13-14H,1-2,5-8,10-12H2/t13-,14+/m0/s1. The lowest BCUT2D eigenvalue weighted by Gasteiger charge is -2.40. The number of morpholine rings is 1. The maximum absolute atomic E-state index is 12.9. The molecular formula is C17H23N5O3. The number of piperidine rings is 1. The molecule has 0 spiro atoms. The predicted molar refractivity (Wildman–Crippen MR) is 88.9 cm³/mol. The number of aromatic nitrogens is 2. The quantitative estimate of drug-likeness (QED) is 0.739. The molecule has 2 bridgehead atoms. The van der Waals surface area contributed by atoms with Gasteiger partial charge in [0.1, 0.15) is 5.69 Å². The smallest absolute Gasteiger partial charge is 0.320 e. The summed E-state index contributed by atoms with van der Waals surface area (Å²) in [4.78, 5) is 39.5. The van der Waals surface area contributed by atoms with Crippen LogP contribution in [0.15, 0.2) is 18.6 Å². The van der Waals surface area contributed by atoms with E-state index in [4.69, 9.17) is 4.74 Å². The van der Waals surface area contributed by atoms with Gasteiger partial charge in [-0.15, -0.1) is 0 Å². The Balaban J connectivity index is 1.48. The first-order chi connectivity index (χ1) is 12.2. The fraction of sp³-hybridized carbons (Fsp3) is 0.647. The van der Waals surface area contributed by atoms with Crippen molar-refractivity contribution in [1.29, 1.82) is 0 Å². The Labute approximate surface area is 146 Å². The Morgan fingerprint density at radius 1 is 1.04 bits per heavy atom. The second-order valence-corrected chi connectivity index (χ2v) is 6.93. The molecule has 5 rings (SSSR count). The molecule has 1 aromatic heterocycles. The van der Waals surface area contributed by atoms with Crippen LogP contribution in [-0.4, -0.2) is 88.6 Å². The number of nitrogens with zero attached hydrogens (tertiary/aromatic N) is 5. The summed E-state index contributed by atoms with van der Waals surface area (Å²) in [5.41, 5.74) is 0.370. The highest BCUT2D eigenvalue weighted by atomic mass is 16.5. The lowest BCUT2D eigenvalue weighted by atomic mass is 9.95. The van der Waals surface area contributed by atoms with Gasteiger partial charge in [0, 0.05) is 45.1 Å². The van der Waals surface area contributed by atoms with Crippen LogP contribution in [0.4, 0.5) is 4.79 Å². The van der Waals surface area contributed by atoms with Crippen molar-refractivity contribution in [1.82, 2.24) is 24.7 Å². The fourth-order valence-corrected chi connectivity index (χ4v) is 3.99. The first-order valence-electron chi connectivity index (χ1n) is 8.91. The van der Waals surface area contributed by atoms with Crippen LogP contribution in [0.25, 0.3) is 0 Å². The number of rotatable bonds is 1. The van der Waals surface area contributed by atoms with Crippen molar-refractivity contribution in [3.63, 3.8) is 0 Å². The van der Waals surface area contributed by atoms with Crippen molar-refractivity contribution in [2.24, 2.45) is 5.92 Å². The van der Waals surface area contributed by atoms with Gasteiger partial charge in [0.15, 0.2) is 0 Å². The SMILES string of the molecule is O=C(c1cnccn1)N1C[C@@H]2CC[C@H](C1)N(C(=O)N1CCOCC1)C2. The van der Waals surface area contributed by atoms with E-state index in [1.165, 1.54) is 12.4 Å². The molecule has 0 radical (unpaired) electrons. The molecule has 0 saturated carbocycles. The van der Waals surface area contributed by atoms with Crippen LogP contribution in [0.5, 0.6) is 0 Å². The second-order valence-electron chi connectivity index (χ2n) is 6.93. The van der Waals surface area contributed by atoms with Crippen molar-refractivity contribution >= 4 is 11.9 Å². The molecule has 0 aromatic carbocycles. The molecule has 25 heavy (non-hydrogen) atoms. The summed E-state index contributed by atoms with van der Waals surface area (Å²) in [6.45, 7) is 4.48. The van der Waals surface area contributed by atoms with Crippen molar-refractivity contribution in [2.45, 2.75) is 18.9 Å². The number of carbonyl (C=O) groups excluding carboxylic acids is 2. The third kappa shape index (κ3) is 3.30. The molecule has 4 aliphatic rings. The highest BCUT2D eigenvalue weighted by molar-refractivity contribution is 5.92. The van der Waals surface area contributed by atoms with E-state index in [-0.39, 0.29) is 18.0 Å². The zero-order valence-electron chi connectivity index (χ0n) is 14.2. The third-order valence-electron chi connectivity index (χ3n) is 5.31. The van der Waals surface area contributed by atoms with Crippen LogP contribution in [-0.2, 0) is 4.74 Å². The molecule has 3 amide bonds. The molecule has 0 aliphatic carbocycles. The van der Waals surface area contributed by atoms with Gasteiger partial charge in [0.2, 0.25) is 0 Å². The zero-order chi connectivity index (χ0) is 17.2.